The van der Waals surface area contributed by atoms with Crippen LogP contribution in [0, 0.1) is 0 Å². The number of aromatic nitrogens is 1. The summed E-state index contributed by atoms with van der Waals surface area (Å²) in [6, 6.07) is 14.5. The molecule has 2 heterocycles. The number of ether oxygens (including phenoxy) is 1. The van der Waals surface area contributed by atoms with Crippen LogP contribution in [0.4, 0.5) is 10.8 Å². The minimum atomic E-state index is -3.91. The fraction of sp³-hybridized carbons (Fsp3) is 0.292. The first-order chi connectivity index (χ1) is 16.3. The SMILES string of the molecule is CC(=O)c1ccc(S(=O)(=O)N2CCCCC2C(=O)OCc2csc(Nc3ccccc3)n2)cc1. The van der Waals surface area contributed by atoms with E-state index in [-0.39, 0.29) is 23.8 Å². The third-order valence-corrected chi connectivity index (χ3v) is 8.26. The van der Waals surface area contributed by atoms with Gasteiger partial charge in [-0.3, -0.25) is 9.59 Å². The average Bonchev–Trinajstić information content (AvgIpc) is 3.30. The van der Waals surface area contributed by atoms with Gasteiger partial charge < -0.3 is 10.1 Å². The van der Waals surface area contributed by atoms with E-state index in [1.54, 1.807) is 5.38 Å². The molecule has 1 saturated heterocycles. The Bertz CT molecular complexity index is 1260. The number of hydrogen-bond acceptors (Lipinski definition) is 8. The van der Waals surface area contributed by atoms with Crippen molar-refractivity contribution in [3.05, 3.63) is 71.2 Å². The summed E-state index contributed by atoms with van der Waals surface area (Å²) in [5.74, 6) is -0.734. The van der Waals surface area contributed by atoms with Crippen molar-refractivity contribution in [2.24, 2.45) is 0 Å². The van der Waals surface area contributed by atoms with Gasteiger partial charge in [-0.05, 0) is 50.5 Å². The Kier molecular flexibility index (Phi) is 7.40. The monoisotopic (exact) mass is 499 g/mol. The topological polar surface area (TPSA) is 106 Å². The summed E-state index contributed by atoms with van der Waals surface area (Å²) in [7, 11) is -3.91. The van der Waals surface area contributed by atoms with Gasteiger partial charge in [0.2, 0.25) is 10.0 Å². The highest BCUT2D eigenvalue weighted by molar-refractivity contribution is 7.89. The predicted octanol–water partition coefficient (Wildman–Crippen LogP) is 4.38. The molecule has 0 aliphatic carbocycles. The lowest BCUT2D eigenvalue weighted by Crippen LogP contribution is -2.48. The summed E-state index contributed by atoms with van der Waals surface area (Å²) < 4.78 is 33.2. The number of sulfonamides is 1. The number of para-hydroxylation sites is 1. The molecule has 0 saturated carbocycles. The molecule has 1 aliphatic heterocycles. The summed E-state index contributed by atoms with van der Waals surface area (Å²) in [6.45, 7) is 1.62. The molecule has 1 fully saturated rings. The first-order valence-corrected chi connectivity index (χ1v) is 13.2. The van der Waals surface area contributed by atoms with Gasteiger partial charge in [-0.2, -0.15) is 4.31 Å². The van der Waals surface area contributed by atoms with E-state index in [1.807, 2.05) is 30.3 Å². The van der Waals surface area contributed by atoms with Gasteiger partial charge in [0, 0.05) is 23.2 Å². The molecule has 0 amide bonds. The Morgan fingerprint density at radius 2 is 1.85 bits per heavy atom. The van der Waals surface area contributed by atoms with E-state index in [0.29, 0.717) is 29.2 Å². The number of carbonyl (C=O) groups is 2. The van der Waals surface area contributed by atoms with Gasteiger partial charge in [0.1, 0.15) is 12.6 Å². The first-order valence-electron chi connectivity index (χ1n) is 10.9. The lowest BCUT2D eigenvalue weighted by atomic mass is 10.1. The molecule has 1 aromatic heterocycles. The number of nitrogens with zero attached hydrogens (tertiary/aromatic N) is 2. The van der Waals surface area contributed by atoms with E-state index >= 15 is 0 Å². The van der Waals surface area contributed by atoms with Gasteiger partial charge in [-0.15, -0.1) is 11.3 Å². The Balaban J connectivity index is 1.42. The highest BCUT2D eigenvalue weighted by atomic mass is 32.2. The number of nitrogens with one attached hydrogen (secondary N) is 1. The van der Waals surface area contributed by atoms with Crippen molar-refractivity contribution in [3.63, 3.8) is 0 Å². The molecular weight excluding hydrogens is 474 g/mol. The molecule has 1 N–H and O–H groups in total. The van der Waals surface area contributed by atoms with Gasteiger partial charge >= 0.3 is 5.97 Å². The van der Waals surface area contributed by atoms with Crippen molar-refractivity contribution >= 4 is 43.9 Å². The van der Waals surface area contributed by atoms with Crippen LogP contribution in [0.3, 0.4) is 0 Å². The number of Topliss-reactive ketones (excluding diaryl/α,β-unsaturated/α-hetero) is 1. The molecule has 178 valence electrons. The zero-order valence-corrected chi connectivity index (χ0v) is 20.3. The summed E-state index contributed by atoms with van der Waals surface area (Å²) in [4.78, 5) is 28.9. The third-order valence-electron chi connectivity index (χ3n) is 5.53. The van der Waals surface area contributed by atoms with E-state index in [2.05, 4.69) is 10.3 Å². The number of thiazole rings is 1. The lowest BCUT2D eigenvalue weighted by molar-refractivity contribution is -0.150. The van der Waals surface area contributed by atoms with Crippen LogP contribution in [0.25, 0.3) is 0 Å². The van der Waals surface area contributed by atoms with Gasteiger partial charge in [-0.1, -0.05) is 30.3 Å². The Morgan fingerprint density at radius 1 is 1.12 bits per heavy atom. The minimum absolute atomic E-state index is 0.0382. The largest absolute Gasteiger partial charge is 0.458 e. The first kappa shape index (κ1) is 24.1. The van der Waals surface area contributed by atoms with Gasteiger partial charge in [0.05, 0.1) is 10.6 Å². The van der Waals surface area contributed by atoms with Gasteiger partial charge in [0.15, 0.2) is 10.9 Å². The lowest BCUT2D eigenvalue weighted by Gasteiger charge is -2.33. The van der Waals surface area contributed by atoms with Gasteiger partial charge in [-0.25, -0.2) is 13.4 Å². The number of esters is 1. The van der Waals surface area contributed by atoms with Crippen molar-refractivity contribution in [1.82, 2.24) is 9.29 Å². The second kappa shape index (κ2) is 10.5. The number of rotatable bonds is 8. The van der Waals surface area contributed by atoms with Crippen LogP contribution in [-0.4, -0.2) is 42.0 Å². The zero-order chi connectivity index (χ0) is 24.1. The summed E-state index contributed by atoms with van der Waals surface area (Å²) >= 11 is 1.39. The van der Waals surface area contributed by atoms with Crippen molar-refractivity contribution in [3.8, 4) is 0 Å². The van der Waals surface area contributed by atoms with Crippen molar-refractivity contribution in [2.75, 3.05) is 11.9 Å². The van der Waals surface area contributed by atoms with E-state index in [4.69, 9.17) is 4.74 Å². The molecule has 1 aliphatic rings. The Labute approximate surface area is 202 Å². The summed E-state index contributed by atoms with van der Waals surface area (Å²) in [6.07, 6.45) is 1.79. The number of anilines is 2. The number of piperidine rings is 1. The van der Waals surface area contributed by atoms with Gasteiger partial charge in [0.25, 0.3) is 0 Å². The molecule has 3 aromatic rings. The molecule has 4 rings (SSSR count). The quantitative estimate of drug-likeness (QED) is 0.362. The molecule has 0 spiro atoms. The van der Waals surface area contributed by atoms with Crippen LogP contribution in [-0.2, 0) is 26.2 Å². The summed E-state index contributed by atoms with van der Waals surface area (Å²) in [5, 5.41) is 5.66. The standard InChI is InChI=1S/C24H25N3O5S2/c1-17(28)18-10-12-21(13-11-18)34(30,31)27-14-6-5-9-22(27)23(29)32-15-20-16-33-24(26-20)25-19-7-3-2-4-8-19/h2-4,7-8,10-13,16,22H,5-6,9,14-15H2,1H3,(H,25,26). The molecule has 1 unspecified atom stereocenters. The number of carbonyl (C=O) groups excluding carboxylic acids is 2. The van der Waals surface area contributed by atoms with Crippen LogP contribution >= 0.6 is 11.3 Å². The molecule has 8 nitrogen and oxygen atoms in total. The number of benzene rings is 2. The second-order valence-corrected chi connectivity index (χ2v) is 10.7. The van der Waals surface area contributed by atoms with Crippen LogP contribution in [0.5, 0.6) is 0 Å². The van der Waals surface area contributed by atoms with Crippen LogP contribution in [0.2, 0.25) is 0 Å². The highest BCUT2D eigenvalue weighted by Crippen LogP contribution is 2.27. The number of ketones is 1. The fourth-order valence-electron chi connectivity index (χ4n) is 3.74. The van der Waals surface area contributed by atoms with E-state index in [1.165, 1.54) is 46.8 Å². The van der Waals surface area contributed by atoms with Crippen molar-refractivity contribution in [1.29, 1.82) is 0 Å². The van der Waals surface area contributed by atoms with Crippen molar-refractivity contribution in [2.45, 2.75) is 43.7 Å². The van der Waals surface area contributed by atoms with E-state index < -0.39 is 22.0 Å². The smallest absolute Gasteiger partial charge is 0.324 e. The fourth-order valence-corrected chi connectivity index (χ4v) is 6.10. The van der Waals surface area contributed by atoms with E-state index in [9.17, 15) is 18.0 Å². The minimum Gasteiger partial charge on any atom is -0.458 e. The maximum atomic E-state index is 13.2. The third kappa shape index (κ3) is 5.52. The molecule has 2 aromatic carbocycles. The van der Waals surface area contributed by atoms with E-state index in [0.717, 1.165) is 12.1 Å². The number of hydrogen-bond donors (Lipinski definition) is 1. The maximum Gasteiger partial charge on any atom is 0.324 e. The molecular formula is C24H25N3O5S2. The second-order valence-electron chi connectivity index (χ2n) is 7.95. The summed E-state index contributed by atoms with van der Waals surface area (Å²) in [5.41, 5.74) is 1.92. The molecule has 0 radical (unpaired) electrons. The maximum absolute atomic E-state index is 13.2. The zero-order valence-electron chi connectivity index (χ0n) is 18.6. The molecule has 0 bridgehead atoms. The van der Waals surface area contributed by atoms with Crippen LogP contribution in [0.15, 0.2) is 64.9 Å². The predicted molar refractivity (Wildman–Crippen MR) is 130 cm³/mol. The van der Waals surface area contributed by atoms with Crippen molar-refractivity contribution < 1.29 is 22.7 Å². The normalized spacial score (nSPS) is 16.7. The van der Waals surface area contributed by atoms with Crippen LogP contribution in [0.1, 0.15) is 42.2 Å². The molecule has 34 heavy (non-hydrogen) atoms. The Hall–Kier alpha value is -3.08. The Morgan fingerprint density at radius 3 is 2.56 bits per heavy atom. The average molecular weight is 500 g/mol. The molecule has 1 atom stereocenters. The van der Waals surface area contributed by atoms with Crippen LogP contribution < -0.4 is 5.32 Å². The molecule has 10 heteroatoms. The highest BCUT2D eigenvalue weighted by Gasteiger charge is 2.38.